The number of halogens is 1. The zero-order valence-electron chi connectivity index (χ0n) is 9.03. The van der Waals surface area contributed by atoms with Crippen molar-refractivity contribution in [3.63, 3.8) is 0 Å². The second kappa shape index (κ2) is 3.92. The minimum atomic E-state index is -0.435. The second-order valence-electron chi connectivity index (χ2n) is 3.44. The van der Waals surface area contributed by atoms with Crippen LogP contribution in [0.1, 0.15) is 5.69 Å². The molecule has 84 valence electrons. The summed E-state index contributed by atoms with van der Waals surface area (Å²) in [4.78, 5) is 10.5. The van der Waals surface area contributed by atoms with E-state index in [1.54, 1.807) is 17.8 Å². The van der Waals surface area contributed by atoms with Gasteiger partial charge in [-0.3, -0.25) is 4.68 Å². The molecule has 0 aliphatic carbocycles. The molecule has 2 rings (SSSR count). The van der Waals surface area contributed by atoms with Crippen molar-refractivity contribution in [3.8, 4) is 5.75 Å². The average molecular weight is 222 g/mol. The zero-order chi connectivity index (χ0) is 11.7. The van der Waals surface area contributed by atoms with Gasteiger partial charge in [-0.2, -0.15) is 5.10 Å². The molecule has 0 fully saturated rings. The lowest BCUT2D eigenvalue weighted by atomic mass is 10.1. The van der Waals surface area contributed by atoms with E-state index in [0.717, 1.165) is 11.7 Å². The number of methoxy groups -OCH3 is 1. The molecule has 0 atom stereocenters. The Balaban J connectivity index is 2.72. The molecule has 0 amide bonds. The molecule has 0 saturated heterocycles. The number of rotatable bonds is 3. The van der Waals surface area contributed by atoms with Crippen LogP contribution in [-0.4, -0.2) is 23.2 Å². The maximum absolute atomic E-state index is 13.5. The highest BCUT2D eigenvalue weighted by molar-refractivity contribution is 5.85. The summed E-state index contributed by atoms with van der Waals surface area (Å²) < 4.78 is 19.9. The monoisotopic (exact) mass is 222 g/mol. The number of aldehydes is 1. The number of hydrogen-bond acceptors (Lipinski definition) is 3. The smallest absolute Gasteiger partial charge is 0.167 e. The third kappa shape index (κ3) is 1.54. The van der Waals surface area contributed by atoms with E-state index in [-0.39, 0.29) is 12.2 Å². The molecule has 0 aliphatic rings. The number of benzene rings is 1. The van der Waals surface area contributed by atoms with E-state index in [1.165, 1.54) is 13.2 Å². The normalized spacial score (nSPS) is 10.7. The molecule has 16 heavy (non-hydrogen) atoms. The maximum atomic E-state index is 13.5. The Morgan fingerprint density at radius 1 is 1.56 bits per heavy atom. The van der Waals surface area contributed by atoms with Crippen LogP contribution in [0.15, 0.2) is 12.1 Å². The van der Waals surface area contributed by atoms with Crippen molar-refractivity contribution in [2.75, 3.05) is 7.11 Å². The van der Waals surface area contributed by atoms with Gasteiger partial charge in [-0.25, -0.2) is 4.39 Å². The van der Waals surface area contributed by atoms with Crippen LogP contribution >= 0.6 is 0 Å². The van der Waals surface area contributed by atoms with Crippen LogP contribution < -0.4 is 4.74 Å². The van der Waals surface area contributed by atoms with Crippen molar-refractivity contribution in [1.29, 1.82) is 0 Å². The molecule has 0 radical (unpaired) electrons. The highest BCUT2D eigenvalue weighted by Crippen LogP contribution is 2.26. The predicted molar refractivity (Wildman–Crippen MR) is 57.0 cm³/mol. The van der Waals surface area contributed by atoms with Gasteiger partial charge >= 0.3 is 0 Å². The standard InChI is InChI=1S/C11H11FN2O2/c1-14-10-6-8(12)11(16-2)5-7(10)9(13-14)3-4-15/h4-6H,3H2,1-2H3. The van der Waals surface area contributed by atoms with Crippen LogP contribution in [0.4, 0.5) is 4.39 Å². The maximum Gasteiger partial charge on any atom is 0.167 e. The van der Waals surface area contributed by atoms with Gasteiger partial charge in [0.05, 0.1) is 18.3 Å². The molecule has 1 aromatic carbocycles. The first kappa shape index (κ1) is 10.6. The van der Waals surface area contributed by atoms with Crippen LogP contribution in [0.25, 0.3) is 10.9 Å². The van der Waals surface area contributed by atoms with E-state index < -0.39 is 5.82 Å². The Kier molecular flexibility index (Phi) is 2.60. The SMILES string of the molecule is COc1cc2c(CC=O)nn(C)c2cc1F. The lowest BCUT2D eigenvalue weighted by molar-refractivity contribution is -0.107. The van der Waals surface area contributed by atoms with Gasteiger partial charge in [-0.1, -0.05) is 0 Å². The molecule has 1 aromatic heterocycles. The van der Waals surface area contributed by atoms with Gasteiger partial charge in [0.15, 0.2) is 11.6 Å². The molecule has 1 heterocycles. The number of hydrogen-bond donors (Lipinski definition) is 0. The first-order valence-corrected chi connectivity index (χ1v) is 4.80. The Morgan fingerprint density at radius 3 is 2.94 bits per heavy atom. The molecule has 0 unspecified atom stereocenters. The van der Waals surface area contributed by atoms with E-state index in [9.17, 15) is 9.18 Å². The Hall–Kier alpha value is -1.91. The van der Waals surface area contributed by atoms with E-state index in [0.29, 0.717) is 11.2 Å². The molecule has 4 nitrogen and oxygen atoms in total. The van der Waals surface area contributed by atoms with Crippen molar-refractivity contribution >= 4 is 17.2 Å². The van der Waals surface area contributed by atoms with Crippen LogP contribution in [-0.2, 0) is 18.3 Å². The minimum absolute atomic E-state index is 0.160. The van der Waals surface area contributed by atoms with E-state index >= 15 is 0 Å². The van der Waals surface area contributed by atoms with E-state index in [2.05, 4.69) is 5.10 Å². The van der Waals surface area contributed by atoms with Gasteiger partial charge < -0.3 is 9.53 Å². The Morgan fingerprint density at radius 2 is 2.31 bits per heavy atom. The van der Waals surface area contributed by atoms with Gasteiger partial charge in [0.25, 0.3) is 0 Å². The summed E-state index contributed by atoms with van der Waals surface area (Å²) in [5.41, 5.74) is 1.28. The Bertz CT molecular complexity index is 548. The van der Waals surface area contributed by atoms with Crippen LogP contribution in [0.3, 0.4) is 0 Å². The van der Waals surface area contributed by atoms with Crippen LogP contribution in [0.5, 0.6) is 5.75 Å². The molecular weight excluding hydrogens is 211 g/mol. The van der Waals surface area contributed by atoms with Gasteiger partial charge in [0.1, 0.15) is 6.29 Å². The molecule has 5 heteroatoms. The third-order valence-electron chi connectivity index (χ3n) is 2.48. The lowest BCUT2D eigenvalue weighted by Gasteiger charge is -2.02. The van der Waals surface area contributed by atoms with Gasteiger partial charge in [-0.15, -0.1) is 0 Å². The number of carbonyl (C=O) groups excluding carboxylic acids is 1. The first-order valence-electron chi connectivity index (χ1n) is 4.80. The third-order valence-corrected chi connectivity index (χ3v) is 2.48. The highest BCUT2D eigenvalue weighted by Gasteiger charge is 2.12. The fourth-order valence-electron chi connectivity index (χ4n) is 1.72. The topological polar surface area (TPSA) is 44.1 Å². The summed E-state index contributed by atoms with van der Waals surface area (Å²) in [5, 5.41) is 4.90. The fraction of sp³-hybridized carbons (Fsp3) is 0.273. The number of fused-ring (bicyclic) bond motifs is 1. The summed E-state index contributed by atoms with van der Waals surface area (Å²) in [6.45, 7) is 0. The minimum Gasteiger partial charge on any atom is -0.494 e. The molecule has 2 aromatic rings. The summed E-state index contributed by atoms with van der Waals surface area (Å²) in [7, 11) is 3.11. The number of ether oxygens (including phenoxy) is 1. The molecule has 0 bridgehead atoms. The second-order valence-corrected chi connectivity index (χ2v) is 3.44. The number of aryl methyl sites for hydroxylation is 1. The molecule has 0 spiro atoms. The van der Waals surface area contributed by atoms with Crippen molar-refractivity contribution < 1.29 is 13.9 Å². The predicted octanol–water partition coefficient (Wildman–Crippen LogP) is 1.46. The fourth-order valence-corrected chi connectivity index (χ4v) is 1.72. The summed E-state index contributed by atoms with van der Waals surface area (Å²) in [6.07, 6.45) is 0.990. The highest BCUT2D eigenvalue weighted by atomic mass is 19.1. The van der Waals surface area contributed by atoms with E-state index in [1.807, 2.05) is 0 Å². The summed E-state index contributed by atoms with van der Waals surface area (Å²) in [5.74, 6) is -0.275. The van der Waals surface area contributed by atoms with Crippen LogP contribution in [0, 0.1) is 5.82 Å². The largest absolute Gasteiger partial charge is 0.494 e. The van der Waals surface area contributed by atoms with Crippen molar-refractivity contribution in [2.45, 2.75) is 6.42 Å². The van der Waals surface area contributed by atoms with Gasteiger partial charge in [0.2, 0.25) is 0 Å². The summed E-state index contributed by atoms with van der Waals surface area (Å²) >= 11 is 0. The van der Waals surface area contributed by atoms with E-state index in [4.69, 9.17) is 4.74 Å². The van der Waals surface area contributed by atoms with Gasteiger partial charge in [-0.05, 0) is 6.07 Å². The molecule has 0 saturated carbocycles. The molecule has 0 N–H and O–H groups in total. The van der Waals surface area contributed by atoms with Gasteiger partial charge in [0, 0.05) is 24.9 Å². The molecule has 0 aliphatic heterocycles. The van der Waals surface area contributed by atoms with Crippen molar-refractivity contribution in [2.24, 2.45) is 7.05 Å². The zero-order valence-corrected chi connectivity index (χ0v) is 9.03. The van der Waals surface area contributed by atoms with Crippen LogP contribution in [0.2, 0.25) is 0 Å². The quantitative estimate of drug-likeness (QED) is 0.738. The van der Waals surface area contributed by atoms with Crippen molar-refractivity contribution in [1.82, 2.24) is 9.78 Å². The average Bonchev–Trinajstić information content (AvgIpc) is 2.55. The number of nitrogens with zero attached hydrogens (tertiary/aromatic N) is 2. The summed E-state index contributed by atoms with van der Waals surface area (Å²) in [6, 6.07) is 2.92. The first-order chi connectivity index (χ1) is 7.67. The Labute approximate surface area is 91.6 Å². The number of aromatic nitrogens is 2. The number of carbonyl (C=O) groups is 1. The van der Waals surface area contributed by atoms with Crippen molar-refractivity contribution in [3.05, 3.63) is 23.6 Å². The molecular formula is C11H11FN2O2. The lowest BCUT2D eigenvalue weighted by Crippen LogP contribution is -1.92.